The van der Waals surface area contributed by atoms with Gasteiger partial charge in [-0.2, -0.15) is 0 Å². The molecule has 1 aromatic carbocycles. The molecule has 1 aromatic rings. The molecule has 2 saturated heterocycles. The molecule has 0 aliphatic carbocycles. The zero-order valence-electron chi connectivity index (χ0n) is 9.76. The van der Waals surface area contributed by atoms with Gasteiger partial charge in [0.05, 0.1) is 22.3 Å². The van der Waals surface area contributed by atoms with Crippen LogP contribution in [0.5, 0.6) is 0 Å². The summed E-state index contributed by atoms with van der Waals surface area (Å²) in [5.74, 6) is 0. The summed E-state index contributed by atoms with van der Waals surface area (Å²) in [7, 11) is 0. The fraction of sp³-hybridized carbons (Fsp3) is 0.538. The zero-order chi connectivity index (χ0) is 12.7. The average molecular weight is 307 g/mol. The van der Waals surface area contributed by atoms with Gasteiger partial charge in [-0.1, -0.05) is 34.8 Å². The van der Waals surface area contributed by atoms with Gasteiger partial charge >= 0.3 is 0 Å². The molecule has 2 heterocycles. The number of hydrogen-bond donors (Lipinski definition) is 1. The van der Waals surface area contributed by atoms with Crippen molar-refractivity contribution in [2.75, 3.05) is 0 Å². The van der Waals surface area contributed by atoms with Crippen LogP contribution in [0.1, 0.15) is 24.8 Å². The molecule has 2 bridgehead atoms. The number of nitrogens with one attached hydrogen (secondary N) is 1. The minimum Gasteiger partial charge on any atom is -0.373 e. The summed E-state index contributed by atoms with van der Waals surface area (Å²) in [5.41, 5.74) is 0.869. The molecule has 0 spiro atoms. The van der Waals surface area contributed by atoms with E-state index in [-0.39, 0.29) is 0 Å². The van der Waals surface area contributed by atoms with Crippen molar-refractivity contribution in [2.24, 2.45) is 0 Å². The third-order valence-corrected chi connectivity index (χ3v) is 4.98. The first-order valence-corrected chi connectivity index (χ1v) is 7.30. The summed E-state index contributed by atoms with van der Waals surface area (Å²) in [6.45, 7) is 0.634. The Bertz CT molecular complexity index is 466. The van der Waals surface area contributed by atoms with Crippen LogP contribution >= 0.6 is 34.8 Å². The molecule has 3 atom stereocenters. The van der Waals surface area contributed by atoms with Crippen molar-refractivity contribution in [3.05, 3.63) is 32.8 Å². The monoisotopic (exact) mass is 305 g/mol. The van der Waals surface area contributed by atoms with Crippen molar-refractivity contribution in [3.8, 4) is 0 Å². The Morgan fingerprint density at radius 1 is 1.17 bits per heavy atom. The van der Waals surface area contributed by atoms with Crippen molar-refractivity contribution in [2.45, 2.75) is 44.1 Å². The molecular formula is C13H14Cl3NO. The SMILES string of the molecule is Clc1ccc(Cl)c(CNC2CC3CCC2O3)c1Cl. The molecule has 0 amide bonds. The van der Waals surface area contributed by atoms with Crippen LogP contribution < -0.4 is 5.32 Å². The molecule has 2 aliphatic rings. The van der Waals surface area contributed by atoms with Gasteiger partial charge in [0.15, 0.2) is 0 Å². The van der Waals surface area contributed by atoms with Crippen LogP contribution in [0.3, 0.4) is 0 Å². The molecule has 18 heavy (non-hydrogen) atoms. The first-order valence-electron chi connectivity index (χ1n) is 6.16. The smallest absolute Gasteiger partial charge is 0.0733 e. The summed E-state index contributed by atoms with van der Waals surface area (Å²) < 4.78 is 5.80. The summed E-state index contributed by atoms with van der Waals surface area (Å²) in [4.78, 5) is 0. The van der Waals surface area contributed by atoms with E-state index in [9.17, 15) is 0 Å². The lowest BCUT2D eigenvalue weighted by atomic mass is 9.95. The molecular weight excluding hydrogens is 293 g/mol. The highest BCUT2D eigenvalue weighted by Gasteiger charge is 2.40. The van der Waals surface area contributed by atoms with Gasteiger partial charge in [-0.25, -0.2) is 0 Å². The number of benzene rings is 1. The van der Waals surface area contributed by atoms with E-state index in [2.05, 4.69) is 5.32 Å². The lowest BCUT2D eigenvalue weighted by molar-refractivity contribution is 0.0973. The van der Waals surface area contributed by atoms with E-state index in [0.29, 0.717) is 39.9 Å². The first-order chi connectivity index (χ1) is 8.65. The number of fused-ring (bicyclic) bond motifs is 2. The van der Waals surface area contributed by atoms with Crippen LogP contribution in [0.15, 0.2) is 12.1 Å². The van der Waals surface area contributed by atoms with Gasteiger partial charge in [0, 0.05) is 23.2 Å². The van der Waals surface area contributed by atoms with Gasteiger partial charge in [0.1, 0.15) is 0 Å². The second-order valence-electron chi connectivity index (χ2n) is 4.92. The Labute approximate surface area is 122 Å². The van der Waals surface area contributed by atoms with Crippen LogP contribution in [0.25, 0.3) is 0 Å². The Balaban J connectivity index is 1.68. The van der Waals surface area contributed by atoms with Gasteiger partial charge in [-0.05, 0) is 31.4 Å². The van der Waals surface area contributed by atoms with Gasteiger partial charge < -0.3 is 10.1 Å². The highest BCUT2D eigenvalue weighted by Crippen LogP contribution is 2.35. The standard InChI is InChI=1S/C13H14Cl3NO/c14-9-2-3-10(15)13(16)8(9)6-17-11-5-7-1-4-12(11)18-7/h2-3,7,11-12,17H,1,4-6H2. The topological polar surface area (TPSA) is 21.3 Å². The highest BCUT2D eigenvalue weighted by atomic mass is 35.5. The minimum absolute atomic E-state index is 0.353. The zero-order valence-corrected chi connectivity index (χ0v) is 12.0. The Kier molecular flexibility index (Phi) is 3.75. The summed E-state index contributed by atoms with van der Waals surface area (Å²) in [5, 5.41) is 5.23. The van der Waals surface area contributed by atoms with Crippen molar-refractivity contribution in [1.82, 2.24) is 5.32 Å². The molecule has 3 unspecified atom stereocenters. The third kappa shape index (κ3) is 2.37. The summed E-state index contributed by atoms with van der Waals surface area (Å²) >= 11 is 18.3. The molecule has 2 nitrogen and oxygen atoms in total. The maximum Gasteiger partial charge on any atom is 0.0733 e. The largest absolute Gasteiger partial charge is 0.373 e. The Hall–Kier alpha value is 0.01000. The second-order valence-corrected chi connectivity index (χ2v) is 6.11. The Morgan fingerprint density at radius 3 is 2.61 bits per heavy atom. The normalized spacial score (nSPS) is 30.1. The fourth-order valence-electron chi connectivity index (χ4n) is 2.82. The van der Waals surface area contributed by atoms with Crippen molar-refractivity contribution >= 4 is 34.8 Å². The van der Waals surface area contributed by atoms with Crippen LogP contribution in [-0.2, 0) is 11.3 Å². The van der Waals surface area contributed by atoms with Gasteiger partial charge in [0.2, 0.25) is 0 Å². The molecule has 3 rings (SSSR count). The maximum absolute atomic E-state index is 6.18. The molecule has 1 N–H and O–H groups in total. The number of ether oxygens (including phenoxy) is 1. The molecule has 2 fully saturated rings. The predicted molar refractivity (Wildman–Crippen MR) is 74.6 cm³/mol. The summed E-state index contributed by atoms with van der Waals surface area (Å²) in [6, 6.07) is 3.91. The van der Waals surface area contributed by atoms with Crippen molar-refractivity contribution in [1.29, 1.82) is 0 Å². The molecule has 0 radical (unpaired) electrons. The van der Waals surface area contributed by atoms with Gasteiger partial charge in [-0.15, -0.1) is 0 Å². The number of rotatable bonds is 3. The van der Waals surface area contributed by atoms with E-state index in [1.165, 1.54) is 6.42 Å². The molecule has 0 saturated carbocycles. The number of hydrogen-bond acceptors (Lipinski definition) is 2. The van der Waals surface area contributed by atoms with Crippen LogP contribution in [0, 0.1) is 0 Å². The quantitative estimate of drug-likeness (QED) is 0.850. The number of halogens is 3. The minimum atomic E-state index is 0.353. The second kappa shape index (κ2) is 5.18. The third-order valence-electron chi connectivity index (χ3n) is 3.79. The lowest BCUT2D eigenvalue weighted by Crippen LogP contribution is -2.37. The van der Waals surface area contributed by atoms with E-state index in [4.69, 9.17) is 39.5 Å². The molecule has 2 aliphatic heterocycles. The molecule has 5 heteroatoms. The fourth-order valence-corrected chi connectivity index (χ4v) is 3.50. The van der Waals surface area contributed by atoms with Crippen LogP contribution in [-0.4, -0.2) is 18.2 Å². The van der Waals surface area contributed by atoms with E-state index in [0.717, 1.165) is 18.4 Å². The average Bonchev–Trinajstić information content (AvgIpc) is 2.96. The van der Waals surface area contributed by atoms with E-state index in [1.807, 2.05) is 0 Å². The summed E-state index contributed by atoms with van der Waals surface area (Å²) in [6.07, 6.45) is 4.23. The van der Waals surface area contributed by atoms with Gasteiger partial charge in [-0.3, -0.25) is 0 Å². The van der Waals surface area contributed by atoms with Crippen molar-refractivity contribution in [3.63, 3.8) is 0 Å². The van der Waals surface area contributed by atoms with E-state index < -0.39 is 0 Å². The molecule has 98 valence electrons. The van der Waals surface area contributed by atoms with E-state index in [1.54, 1.807) is 12.1 Å². The van der Waals surface area contributed by atoms with Crippen LogP contribution in [0.2, 0.25) is 15.1 Å². The first kappa shape index (κ1) is 13.0. The molecule has 0 aromatic heterocycles. The maximum atomic E-state index is 6.18. The van der Waals surface area contributed by atoms with Gasteiger partial charge in [0.25, 0.3) is 0 Å². The predicted octanol–water partition coefficient (Wildman–Crippen LogP) is 4.06. The Morgan fingerprint density at radius 2 is 1.94 bits per heavy atom. The van der Waals surface area contributed by atoms with Crippen molar-refractivity contribution < 1.29 is 4.74 Å². The van der Waals surface area contributed by atoms with E-state index >= 15 is 0 Å². The van der Waals surface area contributed by atoms with Crippen LogP contribution in [0.4, 0.5) is 0 Å². The lowest BCUT2D eigenvalue weighted by Gasteiger charge is -2.21. The highest BCUT2D eigenvalue weighted by molar-refractivity contribution is 6.44.